The number of nitrogens with two attached hydrogens (primary N) is 1. The van der Waals surface area contributed by atoms with Crippen LogP contribution < -0.4 is 11.3 Å². The summed E-state index contributed by atoms with van der Waals surface area (Å²) in [5.41, 5.74) is 4.30. The van der Waals surface area contributed by atoms with Crippen molar-refractivity contribution in [2.75, 3.05) is 6.26 Å². The number of benzene rings is 2. The first-order valence-corrected chi connectivity index (χ1v) is 7.79. The van der Waals surface area contributed by atoms with Crippen LogP contribution >= 0.6 is 23.4 Å². The van der Waals surface area contributed by atoms with Crippen molar-refractivity contribution in [3.8, 4) is 0 Å². The first-order valence-electron chi connectivity index (χ1n) is 6.18. The van der Waals surface area contributed by atoms with Crippen LogP contribution in [0.2, 0.25) is 5.02 Å². The van der Waals surface area contributed by atoms with Crippen LogP contribution in [-0.4, -0.2) is 6.26 Å². The second-order valence-corrected chi connectivity index (χ2v) is 5.70. The fourth-order valence-corrected chi connectivity index (χ4v) is 2.64. The summed E-state index contributed by atoms with van der Waals surface area (Å²) in [6, 6.07) is 12.9. The van der Waals surface area contributed by atoms with Crippen molar-refractivity contribution in [2.24, 2.45) is 5.84 Å². The molecule has 0 fully saturated rings. The maximum Gasteiger partial charge on any atom is 0.145 e. The van der Waals surface area contributed by atoms with E-state index in [4.69, 9.17) is 17.4 Å². The van der Waals surface area contributed by atoms with Gasteiger partial charge in [-0.1, -0.05) is 35.9 Å². The molecular weight excluding hydrogens is 295 g/mol. The molecule has 0 saturated carbocycles. The third-order valence-electron chi connectivity index (χ3n) is 3.17. The van der Waals surface area contributed by atoms with E-state index in [0.29, 0.717) is 12.0 Å². The monoisotopic (exact) mass is 310 g/mol. The average molecular weight is 311 g/mol. The van der Waals surface area contributed by atoms with Gasteiger partial charge in [-0.15, -0.1) is 11.8 Å². The summed E-state index contributed by atoms with van der Waals surface area (Å²) in [6.07, 6.45) is 2.47. The van der Waals surface area contributed by atoms with Gasteiger partial charge < -0.3 is 0 Å². The van der Waals surface area contributed by atoms with Gasteiger partial charge in [-0.3, -0.25) is 11.3 Å². The normalized spacial score (nSPS) is 12.4. The van der Waals surface area contributed by atoms with Crippen LogP contribution in [0.4, 0.5) is 4.39 Å². The first-order chi connectivity index (χ1) is 9.65. The molecule has 2 aromatic carbocycles. The third-order valence-corrected chi connectivity index (χ3v) is 4.21. The van der Waals surface area contributed by atoms with Gasteiger partial charge in [0.05, 0.1) is 11.1 Å². The van der Waals surface area contributed by atoms with E-state index in [1.165, 1.54) is 4.90 Å². The van der Waals surface area contributed by atoms with Crippen LogP contribution in [0.25, 0.3) is 0 Å². The van der Waals surface area contributed by atoms with Crippen molar-refractivity contribution in [1.29, 1.82) is 0 Å². The van der Waals surface area contributed by atoms with Gasteiger partial charge in [0.1, 0.15) is 5.82 Å². The zero-order valence-electron chi connectivity index (χ0n) is 11.1. The van der Waals surface area contributed by atoms with Gasteiger partial charge in [0.2, 0.25) is 0 Å². The first kappa shape index (κ1) is 15.3. The molecule has 2 rings (SSSR count). The molecule has 0 radical (unpaired) electrons. The molecule has 2 aromatic rings. The van der Waals surface area contributed by atoms with Gasteiger partial charge in [-0.05, 0) is 42.0 Å². The van der Waals surface area contributed by atoms with Crippen molar-refractivity contribution in [1.82, 2.24) is 5.43 Å². The van der Waals surface area contributed by atoms with Crippen LogP contribution in [0.15, 0.2) is 47.4 Å². The topological polar surface area (TPSA) is 38.0 Å². The highest BCUT2D eigenvalue weighted by Crippen LogP contribution is 2.25. The van der Waals surface area contributed by atoms with Crippen molar-refractivity contribution in [2.45, 2.75) is 17.4 Å². The molecule has 1 unspecified atom stereocenters. The fourth-order valence-electron chi connectivity index (χ4n) is 2.04. The molecule has 20 heavy (non-hydrogen) atoms. The predicted molar refractivity (Wildman–Crippen MR) is 83.4 cm³/mol. The zero-order chi connectivity index (χ0) is 14.5. The van der Waals surface area contributed by atoms with Crippen LogP contribution in [0.3, 0.4) is 0 Å². The second-order valence-electron chi connectivity index (χ2n) is 4.41. The minimum atomic E-state index is -0.379. The Bertz CT molecular complexity index is 575. The van der Waals surface area contributed by atoms with Gasteiger partial charge in [-0.2, -0.15) is 0 Å². The maximum absolute atomic E-state index is 13.9. The molecule has 0 spiro atoms. The standard InChI is InChI=1S/C15H16ClFN2S/c1-20-12-7-5-10(6-8-12)14(19-18)9-11-3-2-4-13(16)15(11)17/h2-8,14,19H,9,18H2,1H3. The van der Waals surface area contributed by atoms with Gasteiger partial charge in [0.15, 0.2) is 0 Å². The average Bonchev–Trinajstić information content (AvgIpc) is 2.49. The van der Waals surface area contributed by atoms with Gasteiger partial charge in [-0.25, -0.2) is 4.39 Å². The van der Waals surface area contributed by atoms with Gasteiger partial charge in [0, 0.05) is 4.90 Å². The summed E-state index contributed by atoms with van der Waals surface area (Å²) in [5.74, 6) is 5.22. The summed E-state index contributed by atoms with van der Waals surface area (Å²) in [4.78, 5) is 1.18. The van der Waals surface area contributed by atoms with Crippen molar-refractivity contribution in [3.63, 3.8) is 0 Å². The molecule has 0 bridgehead atoms. The van der Waals surface area contributed by atoms with E-state index in [1.54, 1.807) is 30.0 Å². The maximum atomic E-state index is 13.9. The summed E-state index contributed by atoms with van der Waals surface area (Å²) in [7, 11) is 0. The van der Waals surface area contributed by atoms with E-state index in [0.717, 1.165) is 5.56 Å². The van der Waals surface area contributed by atoms with Crippen LogP contribution in [0, 0.1) is 5.82 Å². The third kappa shape index (κ3) is 3.52. The molecule has 0 heterocycles. The fraction of sp³-hybridized carbons (Fsp3) is 0.200. The molecule has 0 aliphatic carbocycles. The van der Waals surface area contributed by atoms with Crippen molar-refractivity contribution >= 4 is 23.4 Å². The molecule has 5 heteroatoms. The molecular formula is C15H16ClFN2S. The van der Waals surface area contributed by atoms with E-state index >= 15 is 0 Å². The van der Waals surface area contributed by atoms with Crippen LogP contribution in [-0.2, 0) is 6.42 Å². The molecule has 3 N–H and O–H groups in total. The van der Waals surface area contributed by atoms with E-state index < -0.39 is 0 Å². The number of rotatable bonds is 5. The SMILES string of the molecule is CSc1ccc(C(Cc2cccc(Cl)c2F)NN)cc1. The van der Waals surface area contributed by atoms with E-state index in [2.05, 4.69) is 5.43 Å². The molecule has 106 valence electrons. The predicted octanol–water partition coefficient (Wildman–Crippen LogP) is 3.95. The lowest BCUT2D eigenvalue weighted by Gasteiger charge is -2.17. The number of hydrogen-bond donors (Lipinski definition) is 2. The number of hydrogen-bond acceptors (Lipinski definition) is 3. The molecule has 2 nitrogen and oxygen atoms in total. The highest BCUT2D eigenvalue weighted by Gasteiger charge is 2.14. The number of nitrogens with one attached hydrogen (secondary N) is 1. The minimum Gasteiger partial charge on any atom is -0.271 e. The Hall–Kier alpha value is -1.07. The van der Waals surface area contributed by atoms with E-state index in [1.807, 2.05) is 30.5 Å². The molecule has 0 saturated heterocycles. The van der Waals surface area contributed by atoms with Gasteiger partial charge >= 0.3 is 0 Å². The highest BCUT2D eigenvalue weighted by molar-refractivity contribution is 7.98. The lowest BCUT2D eigenvalue weighted by atomic mass is 9.99. The molecule has 0 aromatic heterocycles. The number of hydrazine groups is 1. The summed E-state index contributed by atoms with van der Waals surface area (Å²) in [6.45, 7) is 0. The quantitative estimate of drug-likeness (QED) is 0.499. The lowest BCUT2D eigenvalue weighted by Crippen LogP contribution is -2.29. The van der Waals surface area contributed by atoms with E-state index in [9.17, 15) is 4.39 Å². The van der Waals surface area contributed by atoms with Crippen molar-refractivity contribution < 1.29 is 4.39 Å². The zero-order valence-corrected chi connectivity index (χ0v) is 12.6. The second kappa shape index (κ2) is 7.09. The van der Waals surface area contributed by atoms with E-state index in [-0.39, 0.29) is 16.9 Å². The summed E-state index contributed by atoms with van der Waals surface area (Å²) < 4.78 is 13.9. The Balaban J connectivity index is 2.21. The highest BCUT2D eigenvalue weighted by atomic mass is 35.5. The minimum absolute atomic E-state index is 0.135. The molecule has 1 atom stereocenters. The Morgan fingerprint density at radius 3 is 2.55 bits per heavy atom. The molecule has 0 amide bonds. The number of halogens is 2. The molecule has 0 aliphatic rings. The Morgan fingerprint density at radius 2 is 1.95 bits per heavy atom. The number of thioether (sulfide) groups is 1. The van der Waals surface area contributed by atoms with Crippen LogP contribution in [0.5, 0.6) is 0 Å². The Kier molecular flexibility index (Phi) is 5.43. The summed E-state index contributed by atoms with van der Waals surface area (Å²) in [5, 5.41) is 0.135. The lowest BCUT2D eigenvalue weighted by molar-refractivity contribution is 0.529. The smallest absolute Gasteiger partial charge is 0.145 e. The Labute approximate surface area is 127 Å². The van der Waals surface area contributed by atoms with Crippen LogP contribution in [0.1, 0.15) is 17.2 Å². The Morgan fingerprint density at radius 1 is 1.25 bits per heavy atom. The largest absolute Gasteiger partial charge is 0.271 e. The summed E-state index contributed by atoms with van der Waals surface area (Å²) >= 11 is 7.47. The van der Waals surface area contributed by atoms with Gasteiger partial charge in [0.25, 0.3) is 0 Å². The molecule has 0 aliphatic heterocycles. The van der Waals surface area contributed by atoms with Crippen molar-refractivity contribution in [3.05, 3.63) is 64.4 Å².